The van der Waals surface area contributed by atoms with E-state index in [2.05, 4.69) is 0 Å². The molecule has 0 radical (unpaired) electrons. The quantitative estimate of drug-likeness (QED) is 0.624. The maximum Gasteiger partial charge on any atom is 0.123 e. The Morgan fingerprint density at radius 2 is 1.91 bits per heavy atom. The molecule has 58 valence electrons. The number of benzene rings is 1. The molecule has 0 amide bonds. The zero-order chi connectivity index (χ0) is 8.27. The molecule has 0 unspecified atom stereocenters. The van der Waals surface area contributed by atoms with Crippen LogP contribution >= 0.6 is 0 Å². The van der Waals surface area contributed by atoms with E-state index in [1.807, 2.05) is 7.85 Å². The van der Waals surface area contributed by atoms with E-state index in [0.717, 1.165) is 5.56 Å². The van der Waals surface area contributed by atoms with E-state index in [9.17, 15) is 9.50 Å². The SMILES string of the molecule is BC[C@H](O)c1ccc(F)cc1. The zero-order valence-electron chi connectivity index (χ0n) is 6.42. The molecule has 0 saturated heterocycles. The van der Waals surface area contributed by atoms with Crippen LogP contribution in [0, 0.1) is 5.82 Å². The minimum atomic E-state index is -0.462. The molecule has 1 N–H and O–H groups in total. The van der Waals surface area contributed by atoms with Gasteiger partial charge in [0.1, 0.15) is 13.7 Å². The van der Waals surface area contributed by atoms with Gasteiger partial charge in [-0.2, -0.15) is 0 Å². The molecule has 0 saturated carbocycles. The molecule has 3 heteroatoms. The van der Waals surface area contributed by atoms with E-state index in [1.165, 1.54) is 12.1 Å². The van der Waals surface area contributed by atoms with E-state index in [1.54, 1.807) is 12.1 Å². The first-order valence-electron chi connectivity index (χ1n) is 3.67. The second kappa shape index (κ2) is 3.53. The van der Waals surface area contributed by atoms with Crippen molar-refractivity contribution in [3.8, 4) is 0 Å². The first-order chi connectivity index (χ1) is 5.24. The minimum Gasteiger partial charge on any atom is -0.389 e. The minimum absolute atomic E-state index is 0.267. The van der Waals surface area contributed by atoms with Crippen LogP contribution in [0.15, 0.2) is 24.3 Å². The fraction of sp³-hybridized carbons (Fsp3) is 0.250. The van der Waals surface area contributed by atoms with Crippen LogP contribution in [-0.4, -0.2) is 13.0 Å². The summed E-state index contributed by atoms with van der Waals surface area (Å²) >= 11 is 0. The van der Waals surface area contributed by atoms with E-state index < -0.39 is 6.10 Å². The normalized spacial score (nSPS) is 12.9. The fourth-order valence-corrected chi connectivity index (χ4v) is 0.921. The summed E-state index contributed by atoms with van der Waals surface area (Å²) in [6.45, 7) is 0. The number of hydrogen-bond acceptors (Lipinski definition) is 1. The first-order valence-corrected chi connectivity index (χ1v) is 3.67. The highest BCUT2D eigenvalue weighted by Gasteiger charge is 2.02. The van der Waals surface area contributed by atoms with Crippen LogP contribution < -0.4 is 0 Å². The van der Waals surface area contributed by atoms with Crippen molar-refractivity contribution in [3.05, 3.63) is 35.6 Å². The van der Waals surface area contributed by atoms with Gasteiger partial charge in [-0.15, -0.1) is 0 Å². The third kappa shape index (κ3) is 2.05. The maximum absolute atomic E-state index is 12.4. The van der Waals surface area contributed by atoms with E-state index >= 15 is 0 Å². The summed E-state index contributed by atoms with van der Waals surface area (Å²) in [7, 11) is 1.88. The Kier molecular flexibility index (Phi) is 2.66. The van der Waals surface area contributed by atoms with E-state index in [-0.39, 0.29) is 5.82 Å². The molecular weight excluding hydrogens is 142 g/mol. The van der Waals surface area contributed by atoms with Crippen molar-refractivity contribution >= 4 is 7.85 Å². The standard InChI is InChI=1S/C8H10BFO/c9-5-8(11)6-1-3-7(10)4-2-6/h1-4,8,11H,5,9H2/t8-/m0/s1. The summed E-state index contributed by atoms with van der Waals surface area (Å²) in [4.78, 5) is 0. The van der Waals surface area contributed by atoms with Gasteiger partial charge in [0.2, 0.25) is 0 Å². The van der Waals surface area contributed by atoms with Crippen LogP contribution in [0.3, 0.4) is 0 Å². The fourth-order valence-electron chi connectivity index (χ4n) is 0.921. The largest absolute Gasteiger partial charge is 0.389 e. The van der Waals surface area contributed by atoms with Crippen LogP contribution in [0.1, 0.15) is 11.7 Å². The Bertz CT molecular complexity index is 222. The van der Waals surface area contributed by atoms with Crippen molar-refractivity contribution in [2.24, 2.45) is 0 Å². The van der Waals surface area contributed by atoms with Crippen LogP contribution in [0.5, 0.6) is 0 Å². The molecule has 1 nitrogen and oxygen atoms in total. The molecule has 0 aliphatic rings. The number of hydrogen-bond donors (Lipinski definition) is 1. The highest BCUT2D eigenvalue weighted by Crippen LogP contribution is 2.15. The third-order valence-electron chi connectivity index (χ3n) is 1.64. The summed E-state index contributed by atoms with van der Waals surface area (Å²) < 4.78 is 12.4. The Morgan fingerprint density at radius 3 is 2.36 bits per heavy atom. The lowest BCUT2D eigenvalue weighted by Gasteiger charge is -2.06. The predicted octanol–water partition coefficient (Wildman–Crippen LogP) is 0.910. The molecule has 0 spiro atoms. The molecule has 0 aliphatic carbocycles. The number of aliphatic hydroxyl groups excluding tert-OH is 1. The van der Waals surface area contributed by atoms with E-state index in [0.29, 0.717) is 6.32 Å². The molecule has 1 aromatic rings. The molecule has 0 bridgehead atoms. The lowest BCUT2D eigenvalue weighted by Crippen LogP contribution is -1.95. The Morgan fingerprint density at radius 1 is 1.36 bits per heavy atom. The first kappa shape index (κ1) is 8.27. The number of halogens is 1. The van der Waals surface area contributed by atoms with Gasteiger partial charge in [-0.1, -0.05) is 18.5 Å². The van der Waals surface area contributed by atoms with Gasteiger partial charge in [-0.05, 0) is 17.7 Å². The summed E-state index contributed by atoms with van der Waals surface area (Å²) in [6, 6.07) is 5.91. The number of aliphatic hydroxyl groups is 1. The monoisotopic (exact) mass is 152 g/mol. The highest BCUT2D eigenvalue weighted by molar-refractivity contribution is 6.08. The smallest absolute Gasteiger partial charge is 0.123 e. The van der Waals surface area contributed by atoms with Crippen LogP contribution in [0.25, 0.3) is 0 Å². The molecule has 0 fully saturated rings. The van der Waals surface area contributed by atoms with Gasteiger partial charge in [0.05, 0.1) is 6.10 Å². The van der Waals surface area contributed by atoms with Gasteiger partial charge in [0.25, 0.3) is 0 Å². The summed E-state index contributed by atoms with van der Waals surface area (Å²) in [5, 5.41) is 9.30. The third-order valence-corrected chi connectivity index (χ3v) is 1.64. The molecule has 0 heterocycles. The second-order valence-corrected chi connectivity index (χ2v) is 2.48. The average Bonchev–Trinajstić information content (AvgIpc) is 2.05. The molecule has 11 heavy (non-hydrogen) atoms. The van der Waals surface area contributed by atoms with Crippen LogP contribution in [0.2, 0.25) is 6.32 Å². The van der Waals surface area contributed by atoms with Crippen molar-refractivity contribution in [2.75, 3.05) is 0 Å². The molecule has 0 aromatic heterocycles. The highest BCUT2D eigenvalue weighted by atomic mass is 19.1. The van der Waals surface area contributed by atoms with Gasteiger partial charge in [-0.3, -0.25) is 0 Å². The molecule has 1 aromatic carbocycles. The van der Waals surface area contributed by atoms with Crippen molar-refractivity contribution in [3.63, 3.8) is 0 Å². The second-order valence-electron chi connectivity index (χ2n) is 2.48. The zero-order valence-corrected chi connectivity index (χ0v) is 6.42. The van der Waals surface area contributed by atoms with Crippen molar-refractivity contribution in [2.45, 2.75) is 12.4 Å². The number of rotatable bonds is 2. The predicted molar refractivity (Wildman–Crippen MR) is 44.7 cm³/mol. The topological polar surface area (TPSA) is 20.2 Å². The van der Waals surface area contributed by atoms with Gasteiger partial charge in [0.15, 0.2) is 0 Å². The maximum atomic E-state index is 12.4. The van der Waals surface area contributed by atoms with Crippen molar-refractivity contribution in [1.29, 1.82) is 0 Å². The lowest BCUT2D eigenvalue weighted by atomic mass is 9.94. The van der Waals surface area contributed by atoms with Gasteiger partial charge < -0.3 is 5.11 Å². The lowest BCUT2D eigenvalue weighted by molar-refractivity contribution is 0.199. The van der Waals surface area contributed by atoms with Crippen LogP contribution in [-0.2, 0) is 0 Å². The van der Waals surface area contributed by atoms with Crippen molar-refractivity contribution in [1.82, 2.24) is 0 Å². The molecule has 1 atom stereocenters. The van der Waals surface area contributed by atoms with Crippen LogP contribution in [0.4, 0.5) is 4.39 Å². The Balaban J connectivity index is 2.81. The summed E-state index contributed by atoms with van der Waals surface area (Å²) in [5.41, 5.74) is 0.772. The van der Waals surface area contributed by atoms with Gasteiger partial charge in [0, 0.05) is 0 Å². The van der Waals surface area contributed by atoms with E-state index in [4.69, 9.17) is 0 Å². The molecule has 1 rings (SSSR count). The summed E-state index contributed by atoms with van der Waals surface area (Å²) in [6.07, 6.45) is 0.196. The summed E-state index contributed by atoms with van der Waals surface area (Å²) in [5.74, 6) is -0.267. The van der Waals surface area contributed by atoms with Gasteiger partial charge >= 0.3 is 0 Å². The Labute approximate surface area is 66.3 Å². The Hall–Kier alpha value is -0.825. The van der Waals surface area contributed by atoms with Crippen molar-refractivity contribution < 1.29 is 9.50 Å². The average molecular weight is 152 g/mol. The van der Waals surface area contributed by atoms with Gasteiger partial charge in [-0.25, -0.2) is 4.39 Å². The molecule has 0 aliphatic heterocycles. The molecular formula is C8H10BFO.